The van der Waals surface area contributed by atoms with Crippen LogP contribution in [0.3, 0.4) is 0 Å². The minimum atomic E-state index is 0.0539. The lowest BCUT2D eigenvalue weighted by Gasteiger charge is -2.03. The molecule has 5 heteroatoms. The molecule has 0 aromatic heterocycles. The highest BCUT2D eigenvalue weighted by molar-refractivity contribution is 5.32. The zero-order chi connectivity index (χ0) is 9.78. The molecule has 0 aromatic carbocycles. The number of isocyanates is 1. The predicted octanol–water partition coefficient (Wildman–Crippen LogP) is 0.349. The van der Waals surface area contributed by atoms with E-state index in [2.05, 4.69) is 4.99 Å². The summed E-state index contributed by atoms with van der Waals surface area (Å²) in [6, 6.07) is 0. The molecular weight excluding hydrogens is 174 g/mol. The third-order valence-electron chi connectivity index (χ3n) is 1.17. The van der Waals surface area contributed by atoms with Gasteiger partial charge in [0.25, 0.3) is 0 Å². The summed E-state index contributed by atoms with van der Waals surface area (Å²) < 4.78 is 15.1. The van der Waals surface area contributed by atoms with Gasteiger partial charge in [-0.05, 0) is 6.92 Å². The first-order chi connectivity index (χ1) is 6.41. The number of nitrogens with zero attached hydrogens (tertiary/aromatic N) is 1. The van der Waals surface area contributed by atoms with E-state index in [0.717, 1.165) is 0 Å². The van der Waals surface area contributed by atoms with Crippen LogP contribution in [0.5, 0.6) is 0 Å². The second-order valence-electron chi connectivity index (χ2n) is 2.10. The molecule has 0 aliphatic carbocycles. The van der Waals surface area contributed by atoms with Gasteiger partial charge in [-0.15, -0.1) is 0 Å². The van der Waals surface area contributed by atoms with Crippen molar-refractivity contribution in [2.24, 2.45) is 4.99 Å². The van der Waals surface area contributed by atoms with Crippen molar-refractivity contribution in [1.29, 1.82) is 0 Å². The van der Waals surface area contributed by atoms with Crippen LogP contribution in [0.1, 0.15) is 6.92 Å². The van der Waals surface area contributed by atoms with Gasteiger partial charge in [0.05, 0.1) is 26.4 Å². The van der Waals surface area contributed by atoms with Crippen molar-refractivity contribution in [2.45, 2.75) is 6.92 Å². The number of ether oxygens (including phenoxy) is 3. The van der Waals surface area contributed by atoms with Gasteiger partial charge in [0.2, 0.25) is 6.08 Å². The molecule has 76 valence electrons. The first-order valence-electron chi connectivity index (χ1n) is 4.18. The van der Waals surface area contributed by atoms with Crippen LogP contribution < -0.4 is 0 Å². The van der Waals surface area contributed by atoms with E-state index in [4.69, 9.17) is 14.2 Å². The largest absolute Gasteiger partial charge is 0.379 e. The molecule has 0 fully saturated rings. The molecule has 0 amide bonds. The SMILES string of the molecule is CCOCCOCCOCN=C=O. The Morgan fingerprint density at radius 3 is 2.31 bits per heavy atom. The molecule has 0 N–H and O–H groups in total. The number of rotatable bonds is 9. The van der Waals surface area contributed by atoms with Crippen molar-refractivity contribution < 1.29 is 19.0 Å². The zero-order valence-corrected chi connectivity index (χ0v) is 7.82. The predicted molar refractivity (Wildman–Crippen MR) is 46.3 cm³/mol. The molecule has 13 heavy (non-hydrogen) atoms. The lowest BCUT2D eigenvalue weighted by molar-refractivity contribution is 0.0185. The second-order valence-corrected chi connectivity index (χ2v) is 2.10. The molecule has 0 spiro atoms. The second kappa shape index (κ2) is 11.3. The molecule has 0 radical (unpaired) electrons. The average molecular weight is 189 g/mol. The van der Waals surface area contributed by atoms with Crippen LogP contribution >= 0.6 is 0 Å². The monoisotopic (exact) mass is 189 g/mol. The van der Waals surface area contributed by atoms with Crippen LogP contribution in [0.25, 0.3) is 0 Å². The summed E-state index contributed by atoms with van der Waals surface area (Å²) in [5.41, 5.74) is 0. The van der Waals surface area contributed by atoms with E-state index in [9.17, 15) is 4.79 Å². The Hall–Kier alpha value is -0.740. The van der Waals surface area contributed by atoms with Gasteiger partial charge in [-0.1, -0.05) is 0 Å². The van der Waals surface area contributed by atoms with Gasteiger partial charge >= 0.3 is 0 Å². The highest BCUT2D eigenvalue weighted by atomic mass is 16.5. The molecule has 0 heterocycles. The van der Waals surface area contributed by atoms with Crippen LogP contribution in [-0.4, -0.2) is 45.8 Å². The number of carbonyl (C=O) groups excluding carboxylic acids is 1. The van der Waals surface area contributed by atoms with Gasteiger partial charge in [0.1, 0.15) is 6.73 Å². The summed E-state index contributed by atoms with van der Waals surface area (Å²) in [7, 11) is 0. The Morgan fingerprint density at radius 2 is 1.69 bits per heavy atom. The summed E-state index contributed by atoms with van der Waals surface area (Å²) >= 11 is 0. The van der Waals surface area contributed by atoms with E-state index < -0.39 is 0 Å². The van der Waals surface area contributed by atoms with Gasteiger partial charge in [0, 0.05) is 6.61 Å². The fourth-order valence-corrected chi connectivity index (χ4v) is 0.619. The number of hydrogen-bond acceptors (Lipinski definition) is 5. The van der Waals surface area contributed by atoms with Gasteiger partial charge in [-0.3, -0.25) is 0 Å². The minimum Gasteiger partial charge on any atom is -0.379 e. The third kappa shape index (κ3) is 11.3. The maximum absolute atomic E-state index is 9.59. The van der Waals surface area contributed by atoms with E-state index in [1.807, 2.05) is 6.92 Å². The molecule has 0 saturated heterocycles. The number of hydrogen-bond donors (Lipinski definition) is 0. The maximum atomic E-state index is 9.59. The molecule has 0 rings (SSSR count). The fraction of sp³-hybridized carbons (Fsp3) is 0.875. The molecule has 0 aliphatic rings. The van der Waals surface area contributed by atoms with E-state index in [1.54, 1.807) is 0 Å². The summed E-state index contributed by atoms with van der Waals surface area (Å²) in [6.07, 6.45) is 1.38. The van der Waals surface area contributed by atoms with Crippen LogP contribution in [0.2, 0.25) is 0 Å². The molecule has 0 saturated carbocycles. The van der Waals surface area contributed by atoms with Crippen LogP contribution in [0, 0.1) is 0 Å². The maximum Gasteiger partial charge on any atom is 0.237 e. The first kappa shape index (κ1) is 12.3. The first-order valence-corrected chi connectivity index (χ1v) is 4.18. The van der Waals surface area contributed by atoms with Crippen molar-refractivity contribution in [2.75, 3.05) is 39.8 Å². The van der Waals surface area contributed by atoms with E-state index in [1.165, 1.54) is 6.08 Å². The summed E-state index contributed by atoms with van der Waals surface area (Å²) in [6.45, 7) is 4.77. The van der Waals surface area contributed by atoms with Crippen molar-refractivity contribution in [3.8, 4) is 0 Å². The topological polar surface area (TPSA) is 57.1 Å². The molecule has 5 nitrogen and oxygen atoms in total. The van der Waals surface area contributed by atoms with E-state index >= 15 is 0 Å². The van der Waals surface area contributed by atoms with Crippen LogP contribution in [-0.2, 0) is 19.0 Å². The molecule has 0 atom stereocenters. The Labute approximate surface area is 77.7 Å². The highest BCUT2D eigenvalue weighted by Crippen LogP contribution is 1.80. The van der Waals surface area contributed by atoms with Crippen molar-refractivity contribution in [1.82, 2.24) is 0 Å². The zero-order valence-electron chi connectivity index (χ0n) is 7.82. The Morgan fingerprint density at radius 1 is 1.08 bits per heavy atom. The van der Waals surface area contributed by atoms with Crippen LogP contribution in [0.4, 0.5) is 0 Å². The van der Waals surface area contributed by atoms with Crippen molar-refractivity contribution >= 4 is 6.08 Å². The van der Waals surface area contributed by atoms with Gasteiger partial charge in [0.15, 0.2) is 0 Å². The third-order valence-corrected chi connectivity index (χ3v) is 1.17. The van der Waals surface area contributed by atoms with Gasteiger partial charge in [-0.2, -0.15) is 4.99 Å². The Kier molecular flexibility index (Phi) is 10.6. The summed E-state index contributed by atoms with van der Waals surface area (Å²) in [5, 5.41) is 0. The molecule has 0 unspecified atom stereocenters. The summed E-state index contributed by atoms with van der Waals surface area (Å²) in [4.78, 5) is 12.8. The highest BCUT2D eigenvalue weighted by Gasteiger charge is 1.88. The van der Waals surface area contributed by atoms with Gasteiger partial charge in [-0.25, -0.2) is 4.79 Å². The molecule has 0 bridgehead atoms. The molecule has 0 aliphatic heterocycles. The Bertz CT molecular complexity index is 145. The smallest absolute Gasteiger partial charge is 0.237 e. The van der Waals surface area contributed by atoms with E-state index in [-0.39, 0.29) is 6.73 Å². The normalized spacial score (nSPS) is 9.62. The molecule has 0 aromatic rings. The Balaban J connectivity index is 2.87. The van der Waals surface area contributed by atoms with Crippen molar-refractivity contribution in [3.63, 3.8) is 0 Å². The van der Waals surface area contributed by atoms with E-state index in [0.29, 0.717) is 33.0 Å². The van der Waals surface area contributed by atoms with Crippen LogP contribution in [0.15, 0.2) is 4.99 Å². The lowest BCUT2D eigenvalue weighted by Crippen LogP contribution is -2.09. The average Bonchev–Trinajstić information content (AvgIpc) is 2.16. The minimum absolute atomic E-state index is 0.0539. The number of aliphatic imine (C=N–C) groups is 1. The fourth-order valence-electron chi connectivity index (χ4n) is 0.619. The lowest BCUT2D eigenvalue weighted by atomic mass is 10.7. The van der Waals surface area contributed by atoms with Crippen molar-refractivity contribution in [3.05, 3.63) is 0 Å². The van der Waals surface area contributed by atoms with Gasteiger partial charge < -0.3 is 14.2 Å². The standard InChI is InChI=1S/C8H15NO4/c1-2-11-3-4-12-5-6-13-8-9-7-10/h2-6,8H2,1H3. The summed E-state index contributed by atoms with van der Waals surface area (Å²) in [5.74, 6) is 0. The quantitative estimate of drug-likeness (QED) is 0.298. The molecular formula is C8H15NO4.